The number of aryl methyl sites for hydroxylation is 2. The molecule has 4 rings (SSSR count). The zero-order chi connectivity index (χ0) is 25.7. The molecular formula is C30H31NO5. The fraction of sp³-hybridized carbons (Fsp3) is 0.267. The second kappa shape index (κ2) is 11.2. The number of aliphatic hydroxyl groups is 1. The predicted octanol–water partition coefficient (Wildman–Crippen LogP) is 5.34. The van der Waals surface area contributed by atoms with Gasteiger partial charge in [-0.15, -0.1) is 0 Å². The van der Waals surface area contributed by atoms with Crippen LogP contribution in [0.1, 0.15) is 40.3 Å². The van der Waals surface area contributed by atoms with Crippen LogP contribution in [0.5, 0.6) is 5.75 Å². The smallest absolute Gasteiger partial charge is 0.295 e. The summed E-state index contributed by atoms with van der Waals surface area (Å²) in [4.78, 5) is 27.9. The fourth-order valence-corrected chi connectivity index (χ4v) is 4.49. The molecule has 0 bridgehead atoms. The lowest BCUT2D eigenvalue weighted by Gasteiger charge is -2.26. The Kier molecular flexibility index (Phi) is 7.86. The van der Waals surface area contributed by atoms with Gasteiger partial charge in [0.2, 0.25) is 0 Å². The molecule has 36 heavy (non-hydrogen) atoms. The minimum absolute atomic E-state index is 0.0892. The second-order valence-electron chi connectivity index (χ2n) is 9.00. The Morgan fingerprint density at radius 1 is 0.972 bits per heavy atom. The first kappa shape index (κ1) is 25.2. The van der Waals surface area contributed by atoms with Crippen molar-refractivity contribution in [3.05, 3.63) is 106 Å². The first-order valence-electron chi connectivity index (χ1n) is 12.0. The number of carbonyl (C=O) groups is 2. The SMILES string of the molecule is COCCCN1C(=O)C(=O)/C(=C(/O)c2cc(C)ccc2C)C1c1cccc(OCc2ccccc2)c1. The number of benzene rings is 3. The van der Waals surface area contributed by atoms with Crippen molar-refractivity contribution in [2.45, 2.75) is 32.9 Å². The number of Topliss-reactive ketones (excluding diaryl/α,β-unsaturated/α-hetero) is 1. The Labute approximate surface area is 211 Å². The molecule has 1 fully saturated rings. The molecule has 1 aliphatic rings. The highest BCUT2D eigenvalue weighted by Gasteiger charge is 2.46. The number of rotatable bonds is 9. The van der Waals surface area contributed by atoms with Gasteiger partial charge in [-0.1, -0.05) is 60.2 Å². The predicted molar refractivity (Wildman–Crippen MR) is 139 cm³/mol. The molecule has 0 spiro atoms. The van der Waals surface area contributed by atoms with Crippen molar-refractivity contribution in [2.75, 3.05) is 20.3 Å². The van der Waals surface area contributed by atoms with Crippen LogP contribution in [-0.2, 0) is 20.9 Å². The van der Waals surface area contributed by atoms with E-state index in [9.17, 15) is 14.7 Å². The third kappa shape index (κ3) is 5.34. The van der Waals surface area contributed by atoms with Gasteiger partial charge in [-0.25, -0.2) is 0 Å². The van der Waals surface area contributed by atoms with Crippen molar-refractivity contribution in [1.82, 2.24) is 4.90 Å². The topological polar surface area (TPSA) is 76.1 Å². The Hall–Kier alpha value is -3.90. The van der Waals surface area contributed by atoms with E-state index in [4.69, 9.17) is 9.47 Å². The first-order valence-corrected chi connectivity index (χ1v) is 12.0. The zero-order valence-electron chi connectivity index (χ0n) is 20.9. The molecule has 186 valence electrons. The molecule has 3 aromatic carbocycles. The van der Waals surface area contributed by atoms with E-state index in [-0.39, 0.29) is 11.3 Å². The minimum Gasteiger partial charge on any atom is -0.507 e. The van der Waals surface area contributed by atoms with Gasteiger partial charge in [0.1, 0.15) is 18.1 Å². The van der Waals surface area contributed by atoms with Crippen molar-refractivity contribution >= 4 is 17.4 Å². The number of nitrogens with zero attached hydrogens (tertiary/aromatic N) is 1. The van der Waals surface area contributed by atoms with Gasteiger partial charge in [0.15, 0.2) is 0 Å². The fourth-order valence-electron chi connectivity index (χ4n) is 4.49. The monoisotopic (exact) mass is 485 g/mol. The average molecular weight is 486 g/mol. The Morgan fingerprint density at radius 3 is 2.50 bits per heavy atom. The molecule has 1 N–H and O–H groups in total. The molecule has 1 heterocycles. The third-order valence-corrected chi connectivity index (χ3v) is 6.36. The maximum Gasteiger partial charge on any atom is 0.295 e. The summed E-state index contributed by atoms with van der Waals surface area (Å²) < 4.78 is 11.2. The number of ketones is 1. The highest BCUT2D eigenvalue weighted by molar-refractivity contribution is 6.46. The van der Waals surface area contributed by atoms with Crippen molar-refractivity contribution in [2.24, 2.45) is 0 Å². The number of ether oxygens (including phenoxy) is 2. The van der Waals surface area contributed by atoms with Crippen LogP contribution in [0.3, 0.4) is 0 Å². The van der Waals surface area contributed by atoms with E-state index >= 15 is 0 Å². The molecule has 0 aliphatic carbocycles. The van der Waals surface area contributed by atoms with Crippen molar-refractivity contribution in [3.8, 4) is 5.75 Å². The summed E-state index contributed by atoms with van der Waals surface area (Å²) in [7, 11) is 1.60. The van der Waals surface area contributed by atoms with Crippen LogP contribution < -0.4 is 4.74 Å². The summed E-state index contributed by atoms with van der Waals surface area (Å²) in [6, 6.07) is 22.1. The van der Waals surface area contributed by atoms with E-state index in [2.05, 4.69) is 0 Å². The highest BCUT2D eigenvalue weighted by Crippen LogP contribution is 2.41. The molecule has 1 saturated heterocycles. The van der Waals surface area contributed by atoms with Gasteiger partial charge in [0, 0.05) is 25.8 Å². The number of hydrogen-bond acceptors (Lipinski definition) is 5. The molecule has 0 radical (unpaired) electrons. The lowest BCUT2D eigenvalue weighted by molar-refractivity contribution is -0.140. The largest absolute Gasteiger partial charge is 0.507 e. The molecule has 6 heteroatoms. The Balaban J connectivity index is 1.76. The van der Waals surface area contributed by atoms with Gasteiger partial charge in [-0.05, 0) is 55.2 Å². The molecular weight excluding hydrogens is 454 g/mol. The highest BCUT2D eigenvalue weighted by atomic mass is 16.5. The normalized spacial score (nSPS) is 17.0. The lowest BCUT2D eigenvalue weighted by atomic mass is 9.93. The summed E-state index contributed by atoms with van der Waals surface area (Å²) in [5, 5.41) is 11.4. The molecule has 1 atom stereocenters. The van der Waals surface area contributed by atoms with Crippen LogP contribution in [0, 0.1) is 13.8 Å². The molecule has 1 amide bonds. The van der Waals surface area contributed by atoms with E-state index in [1.807, 2.05) is 86.6 Å². The van der Waals surface area contributed by atoms with Gasteiger partial charge in [0.25, 0.3) is 11.7 Å². The van der Waals surface area contributed by atoms with Crippen molar-refractivity contribution in [1.29, 1.82) is 0 Å². The molecule has 0 aromatic heterocycles. The van der Waals surface area contributed by atoms with E-state index in [0.717, 1.165) is 16.7 Å². The number of likely N-dealkylation sites (tertiary alicyclic amines) is 1. The summed E-state index contributed by atoms with van der Waals surface area (Å²) >= 11 is 0. The summed E-state index contributed by atoms with van der Waals surface area (Å²) in [5.41, 5.74) is 4.14. The summed E-state index contributed by atoms with van der Waals surface area (Å²) in [5.74, 6) is -0.861. The van der Waals surface area contributed by atoms with Gasteiger partial charge >= 0.3 is 0 Å². The molecule has 0 saturated carbocycles. The van der Waals surface area contributed by atoms with E-state index in [0.29, 0.717) is 43.1 Å². The Bertz CT molecular complexity index is 1280. The number of carbonyl (C=O) groups excluding carboxylic acids is 2. The second-order valence-corrected chi connectivity index (χ2v) is 9.00. The molecule has 1 aliphatic heterocycles. The van der Waals surface area contributed by atoms with Crippen LogP contribution in [0.25, 0.3) is 5.76 Å². The first-order chi connectivity index (χ1) is 17.4. The van der Waals surface area contributed by atoms with Crippen LogP contribution in [0.2, 0.25) is 0 Å². The summed E-state index contributed by atoms with van der Waals surface area (Å²) in [6.07, 6.45) is 0.563. The van der Waals surface area contributed by atoms with Gasteiger partial charge in [-0.2, -0.15) is 0 Å². The lowest BCUT2D eigenvalue weighted by Crippen LogP contribution is -2.31. The van der Waals surface area contributed by atoms with Crippen molar-refractivity contribution in [3.63, 3.8) is 0 Å². The zero-order valence-corrected chi connectivity index (χ0v) is 20.9. The third-order valence-electron chi connectivity index (χ3n) is 6.36. The molecule has 3 aromatic rings. The minimum atomic E-state index is -0.734. The van der Waals surface area contributed by atoms with E-state index < -0.39 is 17.7 Å². The van der Waals surface area contributed by atoms with Crippen LogP contribution in [0.4, 0.5) is 0 Å². The van der Waals surface area contributed by atoms with E-state index in [1.54, 1.807) is 7.11 Å². The number of hydrogen-bond donors (Lipinski definition) is 1. The number of aliphatic hydroxyl groups excluding tert-OH is 1. The number of methoxy groups -OCH3 is 1. The van der Waals surface area contributed by atoms with Gasteiger partial charge < -0.3 is 19.5 Å². The van der Waals surface area contributed by atoms with Crippen molar-refractivity contribution < 1.29 is 24.2 Å². The van der Waals surface area contributed by atoms with Gasteiger partial charge in [-0.3, -0.25) is 9.59 Å². The summed E-state index contributed by atoms with van der Waals surface area (Å²) in [6.45, 7) is 4.95. The van der Waals surface area contributed by atoms with Crippen LogP contribution >= 0.6 is 0 Å². The standard InChI is InChI=1S/C30H31NO5/c1-20-13-14-21(2)25(17-20)28(32)26-27(31(15-8-16-35-3)30(34)29(26)33)23-11-7-12-24(18-23)36-19-22-9-5-4-6-10-22/h4-7,9-14,17-18,27,32H,8,15-16,19H2,1-3H3/b28-26+. The van der Waals surface area contributed by atoms with E-state index in [1.165, 1.54) is 4.90 Å². The molecule has 6 nitrogen and oxygen atoms in total. The maximum absolute atomic E-state index is 13.3. The van der Waals surface area contributed by atoms with Crippen LogP contribution in [0.15, 0.2) is 78.4 Å². The Morgan fingerprint density at radius 2 is 1.75 bits per heavy atom. The quantitative estimate of drug-likeness (QED) is 0.192. The average Bonchev–Trinajstić information content (AvgIpc) is 3.14. The number of amides is 1. The maximum atomic E-state index is 13.3. The molecule has 1 unspecified atom stereocenters. The van der Waals surface area contributed by atoms with Gasteiger partial charge in [0.05, 0.1) is 11.6 Å². The van der Waals surface area contributed by atoms with Crippen LogP contribution in [-0.4, -0.2) is 42.0 Å².